The monoisotopic (exact) mass is 638 g/mol. The van der Waals surface area contributed by atoms with Gasteiger partial charge in [-0.2, -0.15) is 9.30 Å². The number of benzene rings is 2. The average molecular weight is 639 g/mol. The second kappa shape index (κ2) is 15.5. The van der Waals surface area contributed by atoms with Crippen LogP contribution in [0.4, 0.5) is 0 Å². The summed E-state index contributed by atoms with van der Waals surface area (Å²) in [7, 11) is -3.81. The SMILES string of the molecule is CC(CCc1ccccc1)C(=O)N=C(N)N1CCC(CN([C@H](Cc2ccccc2)C(=O)N2CCC[C@H]2C(N)=O)S(C)(=O)=O)CC1. The van der Waals surface area contributed by atoms with Crippen molar-refractivity contribution in [3.63, 3.8) is 0 Å². The molecule has 2 heterocycles. The number of guanidine groups is 1. The number of aryl methyl sites for hydroxylation is 1. The molecule has 0 aromatic heterocycles. The maximum atomic E-state index is 14.0. The number of amides is 3. The van der Waals surface area contributed by atoms with Gasteiger partial charge in [0.1, 0.15) is 12.1 Å². The number of primary amides is 1. The molecule has 11 nitrogen and oxygen atoms in total. The molecule has 3 amide bonds. The minimum atomic E-state index is -3.81. The quantitative estimate of drug-likeness (QED) is 0.266. The van der Waals surface area contributed by atoms with Gasteiger partial charge in [-0.15, -0.1) is 0 Å². The molecule has 2 aromatic rings. The molecule has 2 aromatic carbocycles. The molecule has 0 spiro atoms. The van der Waals surface area contributed by atoms with Crippen molar-refractivity contribution in [2.75, 3.05) is 32.4 Å². The highest BCUT2D eigenvalue weighted by atomic mass is 32.2. The maximum Gasteiger partial charge on any atom is 0.251 e. The Kier molecular flexibility index (Phi) is 11.7. The summed E-state index contributed by atoms with van der Waals surface area (Å²) in [6.07, 6.45) is 5.07. The topological polar surface area (TPSA) is 159 Å². The predicted molar refractivity (Wildman–Crippen MR) is 174 cm³/mol. The van der Waals surface area contributed by atoms with Gasteiger partial charge in [0.05, 0.1) is 6.26 Å². The van der Waals surface area contributed by atoms with Crippen LogP contribution in [-0.2, 0) is 37.2 Å². The zero-order chi connectivity index (χ0) is 32.6. The standard InChI is InChI=1S/C33H46N6O5S/c1-24(15-16-25-10-5-3-6-11-25)31(41)36-33(35)37-20-17-27(18-21-37)23-39(45(2,43)44)29(22-26-12-7-4-8-13-26)32(42)38-19-9-14-28(38)30(34)40/h3-8,10-13,24,27-29H,9,14-23H2,1-2H3,(H2,34,40)(H2,35,36,41)/t24?,28-,29+/m0/s1. The number of rotatable bonds is 12. The molecule has 1 unspecified atom stereocenters. The van der Waals surface area contributed by atoms with E-state index >= 15 is 0 Å². The molecule has 12 heteroatoms. The lowest BCUT2D eigenvalue weighted by atomic mass is 9.95. The fourth-order valence-electron chi connectivity index (χ4n) is 6.21. The minimum absolute atomic E-state index is 0.0409. The van der Waals surface area contributed by atoms with Gasteiger partial charge in [-0.3, -0.25) is 14.4 Å². The predicted octanol–water partition coefficient (Wildman–Crippen LogP) is 2.16. The Morgan fingerprint density at radius 2 is 1.53 bits per heavy atom. The molecule has 0 aliphatic carbocycles. The summed E-state index contributed by atoms with van der Waals surface area (Å²) < 4.78 is 27.8. The van der Waals surface area contributed by atoms with E-state index in [1.807, 2.05) is 72.5 Å². The van der Waals surface area contributed by atoms with Crippen molar-refractivity contribution < 1.29 is 22.8 Å². The van der Waals surface area contributed by atoms with E-state index in [0.29, 0.717) is 51.7 Å². The van der Waals surface area contributed by atoms with E-state index in [9.17, 15) is 22.8 Å². The van der Waals surface area contributed by atoms with Crippen LogP contribution in [-0.4, -0.2) is 90.7 Å². The number of hydrogen-bond donors (Lipinski definition) is 2. The molecule has 4 rings (SSSR count). The van der Waals surface area contributed by atoms with Crippen LogP contribution in [0.5, 0.6) is 0 Å². The lowest BCUT2D eigenvalue weighted by Gasteiger charge is -2.38. The third kappa shape index (κ3) is 9.37. The zero-order valence-electron chi connectivity index (χ0n) is 26.3. The number of nitrogens with zero attached hydrogens (tertiary/aromatic N) is 4. The van der Waals surface area contributed by atoms with Crippen LogP contribution in [0, 0.1) is 11.8 Å². The van der Waals surface area contributed by atoms with Crippen LogP contribution < -0.4 is 11.5 Å². The highest BCUT2D eigenvalue weighted by Crippen LogP contribution is 2.26. The number of piperidine rings is 1. The molecule has 2 aliphatic heterocycles. The Labute approximate surface area is 266 Å². The van der Waals surface area contributed by atoms with Gasteiger partial charge >= 0.3 is 0 Å². The first kappa shape index (κ1) is 34.1. The number of carbonyl (C=O) groups is 3. The molecule has 3 atom stereocenters. The molecule has 2 aliphatic rings. The molecular weight excluding hydrogens is 592 g/mol. The van der Waals surface area contributed by atoms with E-state index in [-0.39, 0.29) is 36.7 Å². The Hall–Kier alpha value is -3.77. The first-order chi connectivity index (χ1) is 21.4. The maximum absolute atomic E-state index is 14.0. The number of likely N-dealkylation sites (tertiary alicyclic amines) is 2. The number of aliphatic imine (C=N–C) groups is 1. The van der Waals surface area contributed by atoms with Crippen LogP contribution in [0.1, 0.15) is 50.2 Å². The van der Waals surface area contributed by atoms with Crippen molar-refractivity contribution >= 4 is 33.7 Å². The molecule has 244 valence electrons. The third-order valence-electron chi connectivity index (χ3n) is 8.93. The van der Waals surface area contributed by atoms with E-state index < -0.39 is 33.9 Å². The van der Waals surface area contributed by atoms with Crippen molar-refractivity contribution in [3.8, 4) is 0 Å². The van der Waals surface area contributed by atoms with Gasteiger partial charge in [0.25, 0.3) is 5.91 Å². The molecule has 2 saturated heterocycles. The second-order valence-corrected chi connectivity index (χ2v) is 14.2. The molecule has 45 heavy (non-hydrogen) atoms. The molecule has 0 bridgehead atoms. The van der Waals surface area contributed by atoms with E-state index in [0.717, 1.165) is 18.2 Å². The summed E-state index contributed by atoms with van der Waals surface area (Å²) in [4.78, 5) is 46.3. The highest BCUT2D eigenvalue weighted by molar-refractivity contribution is 7.88. The molecular formula is C33H46N6O5S. The Morgan fingerprint density at radius 3 is 2.11 bits per heavy atom. The fourth-order valence-corrected chi connectivity index (χ4v) is 7.31. The Balaban J connectivity index is 1.42. The number of nitrogens with two attached hydrogens (primary N) is 2. The summed E-state index contributed by atoms with van der Waals surface area (Å²) in [5, 5.41) is 0. The van der Waals surface area contributed by atoms with Crippen molar-refractivity contribution in [1.82, 2.24) is 14.1 Å². The molecule has 0 saturated carbocycles. The number of hydrogen-bond acceptors (Lipinski definition) is 5. The summed E-state index contributed by atoms with van der Waals surface area (Å²) in [6, 6.07) is 17.5. The smallest absolute Gasteiger partial charge is 0.251 e. The lowest BCUT2D eigenvalue weighted by Crippen LogP contribution is -2.56. The first-order valence-corrected chi connectivity index (χ1v) is 17.6. The largest absolute Gasteiger partial charge is 0.369 e. The second-order valence-electron chi connectivity index (χ2n) is 12.3. The Morgan fingerprint density at radius 1 is 0.933 bits per heavy atom. The van der Waals surface area contributed by atoms with Crippen molar-refractivity contribution in [3.05, 3.63) is 71.8 Å². The Bertz CT molecular complexity index is 1440. The van der Waals surface area contributed by atoms with Crippen LogP contribution in [0.15, 0.2) is 65.7 Å². The average Bonchev–Trinajstić information content (AvgIpc) is 3.53. The number of sulfonamides is 1. The minimum Gasteiger partial charge on any atom is -0.369 e. The van der Waals surface area contributed by atoms with Crippen LogP contribution >= 0.6 is 0 Å². The van der Waals surface area contributed by atoms with Crippen molar-refractivity contribution in [1.29, 1.82) is 0 Å². The van der Waals surface area contributed by atoms with Crippen LogP contribution in [0.2, 0.25) is 0 Å². The highest BCUT2D eigenvalue weighted by Gasteiger charge is 2.41. The third-order valence-corrected chi connectivity index (χ3v) is 10.2. The normalized spacial score (nSPS) is 19.4. The molecule has 0 radical (unpaired) electrons. The zero-order valence-corrected chi connectivity index (χ0v) is 27.1. The summed E-state index contributed by atoms with van der Waals surface area (Å²) in [5.41, 5.74) is 13.8. The van der Waals surface area contributed by atoms with Gasteiger partial charge in [-0.05, 0) is 62.0 Å². The van der Waals surface area contributed by atoms with Gasteiger partial charge in [0.2, 0.25) is 21.8 Å². The fraction of sp³-hybridized carbons (Fsp3) is 0.515. The molecule has 4 N–H and O–H groups in total. The van der Waals surface area contributed by atoms with E-state index in [2.05, 4.69) is 4.99 Å². The van der Waals surface area contributed by atoms with E-state index in [4.69, 9.17) is 11.5 Å². The molecule has 2 fully saturated rings. The van der Waals surface area contributed by atoms with Crippen molar-refractivity contribution in [2.24, 2.45) is 28.3 Å². The van der Waals surface area contributed by atoms with Crippen molar-refractivity contribution in [2.45, 2.75) is 64.0 Å². The summed E-state index contributed by atoms with van der Waals surface area (Å²) in [6.45, 7) is 3.38. The van der Waals surface area contributed by atoms with Gasteiger partial charge in [-0.1, -0.05) is 67.6 Å². The van der Waals surface area contributed by atoms with Gasteiger partial charge < -0.3 is 21.3 Å². The van der Waals surface area contributed by atoms with E-state index in [1.165, 1.54) is 14.8 Å². The van der Waals surface area contributed by atoms with Crippen LogP contribution in [0.25, 0.3) is 0 Å². The summed E-state index contributed by atoms with van der Waals surface area (Å²) in [5.74, 6) is -1.38. The van der Waals surface area contributed by atoms with Gasteiger partial charge in [0.15, 0.2) is 5.96 Å². The summed E-state index contributed by atoms with van der Waals surface area (Å²) >= 11 is 0. The van der Waals surface area contributed by atoms with Gasteiger partial charge in [-0.25, -0.2) is 8.42 Å². The van der Waals surface area contributed by atoms with E-state index in [1.54, 1.807) is 0 Å². The number of carbonyl (C=O) groups excluding carboxylic acids is 3. The van der Waals surface area contributed by atoms with Crippen LogP contribution in [0.3, 0.4) is 0 Å². The first-order valence-electron chi connectivity index (χ1n) is 15.7. The van der Waals surface area contributed by atoms with Gasteiger partial charge in [0, 0.05) is 32.1 Å². The lowest BCUT2D eigenvalue weighted by molar-refractivity contribution is -0.140.